The van der Waals surface area contributed by atoms with Crippen molar-refractivity contribution in [3.05, 3.63) is 42.2 Å². The smallest absolute Gasteiger partial charge is 0.356 e. The van der Waals surface area contributed by atoms with Gasteiger partial charge in [-0.05, 0) is 19.4 Å². The largest absolute Gasteiger partial charge is 0.385 e. The van der Waals surface area contributed by atoms with Gasteiger partial charge in [0.25, 0.3) is 5.16 Å². The van der Waals surface area contributed by atoms with Gasteiger partial charge in [0.1, 0.15) is 20.2 Å². The summed E-state index contributed by atoms with van der Waals surface area (Å²) in [5.41, 5.74) is -1.48. The summed E-state index contributed by atoms with van der Waals surface area (Å²) in [5, 5.41) is 23.9. The minimum Gasteiger partial charge on any atom is -0.385 e. The van der Waals surface area contributed by atoms with Crippen LogP contribution >= 0.6 is 22.5 Å². The maximum atomic E-state index is 13.0. The van der Waals surface area contributed by atoms with Crippen LogP contribution in [0.15, 0.2) is 41.8 Å². The summed E-state index contributed by atoms with van der Waals surface area (Å²) in [6, 6.07) is 9.19. The summed E-state index contributed by atoms with van der Waals surface area (Å²) in [7, 11) is -15.3. The second kappa shape index (κ2) is 11.4. The number of nitrogens with one attached hydrogen (secondary N) is 1. The number of nitrogens with zero attached hydrogens (tertiary/aromatic N) is 4. The van der Waals surface area contributed by atoms with Crippen LogP contribution in [0, 0.1) is 0 Å². The number of aliphatic hydroxyl groups excluding tert-OH is 1. The zero-order valence-electron chi connectivity index (χ0n) is 21.1. The van der Waals surface area contributed by atoms with Crippen LogP contribution < -0.4 is 5.32 Å². The van der Waals surface area contributed by atoms with Crippen molar-refractivity contribution in [3.8, 4) is 0 Å². The van der Waals surface area contributed by atoms with Gasteiger partial charge in [0.2, 0.25) is 9.84 Å². The van der Waals surface area contributed by atoms with Gasteiger partial charge in [-0.2, -0.15) is 9.97 Å². The molecule has 1 aliphatic rings. The molecule has 16 nitrogen and oxygen atoms in total. The summed E-state index contributed by atoms with van der Waals surface area (Å²) in [6.07, 6.45) is -2.11. The highest BCUT2D eigenvalue weighted by Gasteiger charge is 2.51. The molecular weight excluding hydrogens is 611 g/mol. The van der Waals surface area contributed by atoms with Gasteiger partial charge in [-0.15, -0.1) is 0 Å². The Labute approximate surface area is 230 Å². The zero-order chi connectivity index (χ0) is 29.5. The van der Waals surface area contributed by atoms with Gasteiger partial charge in [-0.25, -0.2) is 13.4 Å². The van der Waals surface area contributed by atoms with E-state index >= 15 is 0 Å². The number of hydrogen-bond donors (Lipinski definition) is 6. The first-order chi connectivity index (χ1) is 18.5. The van der Waals surface area contributed by atoms with Crippen LogP contribution in [0.3, 0.4) is 0 Å². The molecular formula is C20H28N5O11P3S. The van der Waals surface area contributed by atoms with Crippen LogP contribution in [0.5, 0.6) is 0 Å². The molecule has 20 heteroatoms. The molecule has 6 N–H and O–H groups in total. The molecule has 0 bridgehead atoms. The molecule has 0 spiro atoms. The standard InChI is InChI=1S/C20H28N5O11P3S/c1-12(2)40(33,34)19-23-17(21-8-13-6-4-3-5-7-13)15-18(24-19)25(11-22-15)20(27)10-35-14(16(20)26)9-36-39(31,32)37-38(28,29)30/h3-7,11-12,14,16,26-27,37H,8-10H2,1-2H3,(H,31,32)(H,21,23,24)(H2,28,29,30)/t14-,16-,20-/m1/s1. The van der Waals surface area contributed by atoms with Crippen molar-refractivity contribution < 1.29 is 51.7 Å². The highest BCUT2D eigenvalue weighted by Crippen LogP contribution is 2.78. The van der Waals surface area contributed by atoms with Gasteiger partial charge in [0, 0.05) is 6.54 Å². The lowest BCUT2D eigenvalue weighted by Crippen LogP contribution is -2.47. The zero-order valence-corrected chi connectivity index (χ0v) is 24.7. The number of ether oxygens (including phenoxy) is 1. The molecule has 1 fully saturated rings. The lowest BCUT2D eigenvalue weighted by Gasteiger charge is -2.28. The Balaban J connectivity index is 1.68. The molecule has 1 aliphatic heterocycles. The number of aliphatic hydroxyl groups is 2. The quantitative estimate of drug-likeness (QED) is 0.126. The van der Waals surface area contributed by atoms with Crippen LogP contribution in [0.25, 0.3) is 11.2 Å². The third-order valence-electron chi connectivity index (χ3n) is 5.98. The fourth-order valence-electron chi connectivity index (χ4n) is 3.83. The van der Waals surface area contributed by atoms with Crippen LogP contribution in [0.1, 0.15) is 19.4 Å². The van der Waals surface area contributed by atoms with E-state index in [1.165, 1.54) is 13.8 Å². The van der Waals surface area contributed by atoms with Crippen LogP contribution in [-0.4, -0.2) is 83.5 Å². The number of aromatic nitrogens is 4. The Bertz CT molecular complexity index is 1580. The van der Waals surface area contributed by atoms with Gasteiger partial charge >= 0.3 is 14.6 Å². The van der Waals surface area contributed by atoms with Crippen molar-refractivity contribution >= 4 is 49.3 Å². The minimum atomic E-state index is -4.86. The monoisotopic (exact) mass is 639 g/mol. The second-order valence-electron chi connectivity index (χ2n) is 9.21. The fraction of sp³-hybridized carbons (Fsp3) is 0.450. The van der Waals surface area contributed by atoms with Gasteiger partial charge in [-0.3, -0.25) is 13.7 Å². The number of rotatable bonds is 11. The molecule has 0 aliphatic carbocycles. The molecule has 4 rings (SSSR count). The van der Waals surface area contributed by atoms with Crippen molar-refractivity contribution in [1.82, 2.24) is 19.5 Å². The Hall–Kier alpha value is -1.87. The highest BCUT2D eigenvalue weighted by molar-refractivity contribution is 8.51. The summed E-state index contributed by atoms with van der Waals surface area (Å²) in [6.45, 7) is 1.79. The molecule has 3 aromatic rings. The molecule has 2 aromatic heterocycles. The van der Waals surface area contributed by atoms with E-state index in [2.05, 4.69) is 20.3 Å². The SMILES string of the molecule is CC(C)S(=O)(=O)c1nc(NCc2ccccc2)c2ncn([C@@]3(O)CO[C@H](COP(=O)(O)PP(=O)(O)O)[C@H]3O)c2n1. The Morgan fingerprint density at radius 3 is 2.52 bits per heavy atom. The molecule has 5 atom stereocenters. The fourth-order valence-corrected chi connectivity index (χ4v) is 10.3. The highest BCUT2D eigenvalue weighted by atomic mass is 32.5. The number of fused-ring (bicyclic) bond motifs is 1. The van der Waals surface area contributed by atoms with E-state index in [9.17, 15) is 32.7 Å². The predicted octanol–water partition coefficient (Wildman–Crippen LogP) is 0.913. The van der Waals surface area contributed by atoms with Gasteiger partial charge < -0.3 is 39.5 Å². The third kappa shape index (κ3) is 6.61. The van der Waals surface area contributed by atoms with E-state index in [-0.39, 0.29) is 23.5 Å². The van der Waals surface area contributed by atoms with Crippen molar-refractivity contribution in [2.75, 3.05) is 18.5 Å². The topological polar surface area (TPSA) is 244 Å². The van der Waals surface area contributed by atoms with E-state index in [1.54, 1.807) is 0 Å². The van der Waals surface area contributed by atoms with Crippen LogP contribution in [0.4, 0.5) is 5.82 Å². The Morgan fingerprint density at radius 1 is 1.23 bits per heavy atom. The molecule has 0 saturated carbocycles. The van der Waals surface area contributed by atoms with Crippen molar-refractivity contribution in [1.29, 1.82) is 0 Å². The molecule has 0 radical (unpaired) electrons. The minimum absolute atomic E-state index is 0.0587. The van der Waals surface area contributed by atoms with Crippen LogP contribution in [0.2, 0.25) is 0 Å². The third-order valence-corrected chi connectivity index (χ3v) is 15.5. The van der Waals surface area contributed by atoms with E-state index < -0.39 is 73.9 Å². The average molecular weight is 639 g/mol. The van der Waals surface area contributed by atoms with Crippen molar-refractivity contribution in [2.45, 2.75) is 48.7 Å². The molecule has 40 heavy (non-hydrogen) atoms. The summed E-state index contributed by atoms with van der Waals surface area (Å²) in [5.74, 6) is 0.0587. The first-order valence-corrected chi connectivity index (χ1v) is 19.1. The van der Waals surface area contributed by atoms with Gasteiger partial charge in [0.15, 0.2) is 22.7 Å². The summed E-state index contributed by atoms with van der Waals surface area (Å²) < 4.78 is 60.2. The number of hydrogen-bond acceptors (Lipinski definition) is 12. The predicted molar refractivity (Wildman–Crippen MR) is 143 cm³/mol. The van der Waals surface area contributed by atoms with Crippen LogP contribution in [-0.2, 0) is 40.5 Å². The van der Waals surface area contributed by atoms with E-state index in [0.717, 1.165) is 16.5 Å². The molecule has 220 valence electrons. The maximum absolute atomic E-state index is 13.0. The Morgan fingerprint density at radius 2 is 1.90 bits per heavy atom. The summed E-state index contributed by atoms with van der Waals surface area (Å²) in [4.78, 5) is 40.2. The number of anilines is 1. The maximum Gasteiger partial charge on any atom is 0.356 e. The molecule has 3 heterocycles. The number of imidazole rings is 1. The first-order valence-electron chi connectivity index (χ1n) is 11.7. The number of benzene rings is 1. The lowest BCUT2D eigenvalue weighted by atomic mass is 10.1. The number of sulfone groups is 1. The van der Waals surface area contributed by atoms with E-state index in [1.807, 2.05) is 30.3 Å². The molecule has 0 amide bonds. The lowest BCUT2D eigenvalue weighted by molar-refractivity contribution is -0.109. The molecule has 1 saturated heterocycles. The first kappa shape index (κ1) is 31.1. The van der Waals surface area contributed by atoms with Crippen molar-refractivity contribution in [3.63, 3.8) is 0 Å². The van der Waals surface area contributed by atoms with Gasteiger partial charge in [-0.1, -0.05) is 30.3 Å². The van der Waals surface area contributed by atoms with E-state index in [4.69, 9.17) is 19.0 Å². The summed E-state index contributed by atoms with van der Waals surface area (Å²) >= 11 is 0. The van der Waals surface area contributed by atoms with Crippen molar-refractivity contribution in [2.24, 2.45) is 0 Å². The normalized spacial score (nSPS) is 23.8. The Kier molecular flexibility index (Phi) is 8.88. The molecule has 1 aromatic carbocycles. The van der Waals surface area contributed by atoms with Gasteiger partial charge in [0.05, 0.1) is 24.8 Å². The van der Waals surface area contributed by atoms with E-state index in [0.29, 0.717) is 0 Å². The average Bonchev–Trinajstić information content (AvgIpc) is 3.42. The second-order valence-corrected chi connectivity index (χ2v) is 20.0. The molecule has 2 unspecified atom stereocenters.